The van der Waals surface area contributed by atoms with Crippen LogP contribution in [0.25, 0.3) is 0 Å². The average Bonchev–Trinajstić information content (AvgIpc) is 2.87. The van der Waals surface area contributed by atoms with Gasteiger partial charge in [0.1, 0.15) is 0 Å². The van der Waals surface area contributed by atoms with Crippen molar-refractivity contribution in [2.75, 3.05) is 0 Å². The van der Waals surface area contributed by atoms with E-state index in [1.165, 1.54) is 4.88 Å². The van der Waals surface area contributed by atoms with Gasteiger partial charge in [0, 0.05) is 14.2 Å². The van der Waals surface area contributed by atoms with E-state index in [9.17, 15) is 4.79 Å². The summed E-state index contributed by atoms with van der Waals surface area (Å²) in [6, 6.07) is 9.47. The zero-order valence-electron chi connectivity index (χ0n) is 10.4. The summed E-state index contributed by atoms with van der Waals surface area (Å²) in [7, 11) is 0. The summed E-state index contributed by atoms with van der Waals surface area (Å²) in [5, 5.41) is 3.33. The molecule has 0 radical (unpaired) electrons. The fourth-order valence-corrected chi connectivity index (χ4v) is 3.12. The minimum atomic E-state index is -0.155. The van der Waals surface area contributed by atoms with Gasteiger partial charge >= 0.3 is 0 Å². The van der Waals surface area contributed by atoms with Crippen molar-refractivity contribution in [1.82, 2.24) is 5.32 Å². The van der Waals surface area contributed by atoms with Gasteiger partial charge in [-0.2, -0.15) is 0 Å². The maximum Gasteiger partial charge on any atom is 0.253 e. The van der Waals surface area contributed by atoms with Gasteiger partial charge in [-0.25, -0.2) is 0 Å². The smallest absolute Gasteiger partial charge is 0.253 e. The summed E-state index contributed by atoms with van der Waals surface area (Å²) in [6.07, 6.45) is 1.02. The first-order valence-corrected chi connectivity index (χ1v) is 7.90. The van der Waals surface area contributed by atoms with Gasteiger partial charge in [-0.3, -0.25) is 4.79 Å². The Morgan fingerprint density at radius 3 is 2.74 bits per heavy atom. The van der Waals surface area contributed by atoms with E-state index in [-0.39, 0.29) is 5.91 Å². The molecule has 0 bridgehead atoms. The van der Waals surface area contributed by atoms with Crippen LogP contribution in [0.5, 0.6) is 0 Å². The van der Waals surface area contributed by atoms with Gasteiger partial charge in [-0.15, -0.1) is 11.3 Å². The highest BCUT2D eigenvalue weighted by molar-refractivity contribution is 9.10. The summed E-state index contributed by atoms with van der Waals surface area (Å²) in [4.78, 5) is 14.5. The molecule has 1 aromatic carbocycles. The Hall–Kier alpha value is -0.840. The van der Waals surface area contributed by atoms with E-state index >= 15 is 0 Å². The lowest BCUT2D eigenvalue weighted by Crippen LogP contribution is -2.22. The number of hydrogen-bond donors (Lipinski definition) is 1. The number of rotatable bonds is 4. The summed E-state index contributed by atoms with van der Waals surface area (Å²) in [5.74, 6) is -0.155. The lowest BCUT2D eigenvalue weighted by molar-refractivity contribution is 0.0951. The maximum absolute atomic E-state index is 12.1. The monoisotopic (exact) mass is 357 g/mol. The summed E-state index contributed by atoms with van der Waals surface area (Å²) in [6.45, 7) is 2.65. The van der Waals surface area contributed by atoms with Crippen molar-refractivity contribution in [2.24, 2.45) is 0 Å². The molecule has 2 nitrogen and oxygen atoms in total. The Morgan fingerprint density at radius 1 is 1.32 bits per heavy atom. The standard InChI is InChI=1S/C14H13BrClNOS/c1-2-9-6-7-10(19-9)8-17-14(18)11-4-3-5-12(15)13(11)16/h3-7H,2,8H2,1H3,(H,17,18). The molecule has 0 spiro atoms. The predicted molar refractivity (Wildman–Crippen MR) is 84.0 cm³/mol. The molecule has 0 unspecified atom stereocenters. The zero-order chi connectivity index (χ0) is 13.8. The molecule has 100 valence electrons. The molecule has 0 saturated heterocycles. The van der Waals surface area contributed by atoms with E-state index in [0.717, 1.165) is 15.8 Å². The number of carbonyl (C=O) groups is 1. The first-order chi connectivity index (χ1) is 9.11. The van der Waals surface area contributed by atoms with Crippen LogP contribution in [0.2, 0.25) is 5.02 Å². The third kappa shape index (κ3) is 3.59. The Kier molecular flexibility index (Phi) is 5.02. The molecule has 5 heteroatoms. The summed E-state index contributed by atoms with van der Waals surface area (Å²) >= 11 is 11.1. The SMILES string of the molecule is CCc1ccc(CNC(=O)c2cccc(Br)c2Cl)s1. The fourth-order valence-electron chi connectivity index (χ4n) is 1.65. The molecule has 2 rings (SSSR count). The molecule has 1 amide bonds. The molecule has 0 aliphatic heterocycles. The lowest BCUT2D eigenvalue weighted by atomic mass is 10.2. The van der Waals surface area contributed by atoms with E-state index in [1.807, 2.05) is 12.1 Å². The molecule has 0 saturated carbocycles. The Bertz CT molecular complexity index is 597. The van der Waals surface area contributed by atoms with Crippen molar-refractivity contribution in [2.45, 2.75) is 19.9 Å². The zero-order valence-corrected chi connectivity index (χ0v) is 13.5. The molecule has 1 aromatic heterocycles. The molecular formula is C14H13BrClNOS. The van der Waals surface area contributed by atoms with Gasteiger partial charge in [-0.1, -0.05) is 24.6 Å². The Balaban J connectivity index is 2.03. The number of amides is 1. The average molecular weight is 359 g/mol. The third-order valence-corrected chi connectivity index (χ3v) is 5.21. The number of aryl methyl sites for hydroxylation is 1. The highest BCUT2D eigenvalue weighted by atomic mass is 79.9. The van der Waals surface area contributed by atoms with Crippen LogP contribution < -0.4 is 5.32 Å². The molecule has 1 heterocycles. The molecule has 0 atom stereocenters. The van der Waals surface area contributed by atoms with Gasteiger partial charge < -0.3 is 5.32 Å². The van der Waals surface area contributed by atoms with Crippen LogP contribution in [-0.2, 0) is 13.0 Å². The van der Waals surface area contributed by atoms with Crippen LogP contribution >= 0.6 is 38.9 Å². The van der Waals surface area contributed by atoms with Crippen molar-refractivity contribution in [1.29, 1.82) is 0 Å². The summed E-state index contributed by atoms with van der Waals surface area (Å²) < 4.78 is 0.728. The van der Waals surface area contributed by atoms with E-state index in [2.05, 4.69) is 34.2 Å². The van der Waals surface area contributed by atoms with Gasteiger partial charge in [0.2, 0.25) is 0 Å². The van der Waals surface area contributed by atoms with Gasteiger partial charge in [0.25, 0.3) is 5.91 Å². The Labute approximate surface area is 129 Å². The number of hydrogen-bond acceptors (Lipinski definition) is 2. The lowest BCUT2D eigenvalue weighted by Gasteiger charge is -2.06. The highest BCUT2D eigenvalue weighted by Gasteiger charge is 2.12. The number of halogens is 2. The largest absolute Gasteiger partial charge is 0.347 e. The van der Waals surface area contributed by atoms with E-state index in [0.29, 0.717) is 17.1 Å². The van der Waals surface area contributed by atoms with Crippen LogP contribution in [0.15, 0.2) is 34.8 Å². The van der Waals surface area contributed by atoms with Gasteiger partial charge in [0.15, 0.2) is 0 Å². The van der Waals surface area contributed by atoms with E-state index < -0.39 is 0 Å². The molecule has 0 aliphatic carbocycles. The van der Waals surface area contributed by atoms with Crippen molar-refractivity contribution in [3.8, 4) is 0 Å². The number of carbonyl (C=O) groups excluding carboxylic acids is 1. The Morgan fingerprint density at radius 2 is 2.05 bits per heavy atom. The van der Waals surface area contributed by atoms with Crippen molar-refractivity contribution in [3.63, 3.8) is 0 Å². The van der Waals surface area contributed by atoms with Crippen LogP contribution in [0.4, 0.5) is 0 Å². The topological polar surface area (TPSA) is 29.1 Å². The second-order valence-corrected chi connectivity index (χ2v) is 6.49. The fraction of sp³-hybridized carbons (Fsp3) is 0.214. The van der Waals surface area contributed by atoms with Crippen molar-refractivity contribution in [3.05, 3.63) is 55.1 Å². The van der Waals surface area contributed by atoms with Crippen molar-refractivity contribution >= 4 is 44.8 Å². The van der Waals surface area contributed by atoms with Gasteiger partial charge in [-0.05, 0) is 46.6 Å². The normalized spacial score (nSPS) is 10.5. The quantitative estimate of drug-likeness (QED) is 0.846. The van der Waals surface area contributed by atoms with Crippen LogP contribution in [0.3, 0.4) is 0 Å². The second-order valence-electron chi connectivity index (χ2n) is 4.01. The van der Waals surface area contributed by atoms with Crippen LogP contribution in [0.1, 0.15) is 27.0 Å². The van der Waals surface area contributed by atoms with E-state index in [1.54, 1.807) is 23.5 Å². The molecule has 1 N–H and O–H groups in total. The first kappa shape index (κ1) is 14.6. The maximum atomic E-state index is 12.1. The second kappa shape index (κ2) is 6.55. The molecule has 0 fully saturated rings. The minimum absolute atomic E-state index is 0.155. The number of benzene rings is 1. The minimum Gasteiger partial charge on any atom is -0.347 e. The van der Waals surface area contributed by atoms with Gasteiger partial charge in [0.05, 0.1) is 17.1 Å². The number of thiophene rings is 1. The highest BCUT2D eigenvalue weighted by Crippen LogP contribution is 2.26. The predicted octanol–water partition coefficient (Wildman–Crippen LogP) is 4.66. The number of nitrogens with one attached hydrogen (secondary N) is 1. The third-order valence-electron chi connectivity index (χ3n) is 2.69. The molecule has 19 heavy (non-hydrogen) atoms. The molecule has 2 aromatic rings. The van der Waals surface area contributed by atoms with Crippen LogP contribution in [-0.4, -0.2) is 5.91 Å². The first-order valence-electron chi connectivity index (χ1n) is 5.91. The van der Waals surface area contributed by atoms with Crippen LogP contribution in [0, 0.1) is 0 Å². The van der Waals surface area contributed by atoms with Crippen molar-refractivity contribution < 1.29 is 4.79 Å². The summed E-state index contributed by atoms with van der Waals surface area (Å²) in [5.41, 5.74) is 0.489. The molecule has 0 aliphatic rings. The van der Waals surface area contributed by atoms with E-state index in [4.69, 9.17) is 11.6 Å². The molecular weight excluding hydrogens is 346 g/mol.